The molecule has 0 aromatic heterocycles. The highest BCUT2D eigenvalue weighted by molar-refractivity contribution is 5.16. The Bertz CT molecular complexity index is 1310. The average molecular weight is 571 g/mol. The third-order valence-electron chi connectivity index (χ3n) is 7.25. The number of ether oxygens (including phenoxy) is 5. The van der Waals surface area contributed by atoms with Gasteiger partial charge >= 0.3 is 0 Å². The summed E-state index contributed by atoms with van der Waals surface area (Å²) in [5, 5.41) is 22.1. The van der Waals surface area contributed by atoms with Crippen LogP contribution in [0.5, 0.6) is 0 Å². The number of benzene rings is 4. The Labute approximate surface area is 247 Å². The molecule has 0 radical (unpaired) electrons. The molecule has 1 fully saturated rings. The monoisotopic (exact) mass is 570 g/mol. The van der Waals surface area contributed by atoms with Crippen molar-refractivity contribution in [1.82, 2.24) is 0 Å². The van der Waals surface area contributed by atoms with Gasteiger partial charge in [-0.1, -0.05) is 121 Å². The van der Waals surface area contributed by atoms with Crippen LogP contribution < -0.4 is 0 Å². The fourth-order valence-electron chi connectivity index (χ4n) is 5.06. The maximum Gasteiger partial charge on any atom is 0.219 e. The van der Waals surface area contributed by atoms with Crippen molar-refractivity contribution in [2.45, 2.75) is 56.6 Å². The van der Waals surface area contributed by atoms with Gasteiger partial charge in [0.25, 0.3) is 0 Å². The summed E-state index contributed by atoms with van der Waals surface area (Å²) in [5.74, 6) is -2.05. The highest BCUT2D eigenvalue weighted by atomic mass is 16.7. The minimum atomic E-state index is -2.05. The number of aliphatic hydroxyl groups is 2. The zero-order chi connectivity index (χ0) is 29.0. The van der Waals surface area contributed by atoms with E-state index < -0.39 is 36.8 Å². The zero-order valence-electron chi connectivity index (χ0n) is 23.5. The number of rotatable bonds is 14. The van der Waals surface area contributed by atoms with Crippen LogP contribution in [-0.4, -0.2) is 53.6 Å². The van der Waals surface area contributed by atoms with Crippen LogP contribution in [0.1, 0.15) is 22.3 Å². The molecule has 4 aromatic carbocycles. The summed E-state index contributed by atoms with van der Waals surface area (Å²) >= 11 is 0. The van der Waals surface area contributed by atoms with Crippen molar-refractivity contribution in [3.8, 4) is 0 Å². The normalized spacial score (nSPS) is 24.0. The van der Waals surface area contributed by atoms with E-state index in [1.807, 2.05) is 121 Å². The molecule has 0 spiro atoms. The third-order valence-corrected chi connectivity index (χ3v) is 7.25. The van der Waals surface area contributed by atoms with Crippen LogP contribution in [0.2, 0.25) is 0 Å². The SMILES string of the molecule is OC[C@@]1(O)O[C@H](COCc2ccccc2)[C@@H](OCc2ccccc2)[C@H](OCc2ccccc2)[C@H]1OCc1ccccc1. The molecule has 4 aromatic rings. The molecule has 1 heterocycles. The Morgan fingerprint density at radius 1 is 0.548 bits per heavy atom. The van der Waals surface area contributed by atoms with Gasteiger partial charge in [0.05, 0.1) is 39.6 Å². The predicted octanol–water partition coefficient (Wildman–Crippen LogP) is 5.04. The molecular weight excluding hydrogens is 532 g/mol. The summed E-state index contributed by atoms with van der Waals surface area (Å²) in [4.78, 5) is 0. The molecule has 2 N–H and O–H groups in total. The lowest BCUT2D eigenvalue weighted by Gasteiger charge is -2.49. The van der Waals surface area contributed by atoms with Gasteiger partial charge in [-0.3, -0.25) is 0 Å². The van der Waals surface area contributed by atoms with Crippen LogP contribution >= 0.6 is 0 Å². The highest BCUT2D eigenvalue weighted by Gasteiger charge is 2.56. The number of hydrogen-bond acceptors (Lipinski definition) is 7. The summed E-state index contributed by atoms with van der Waals surface area (Å²) < 4.78 is 31.6. The highest BCUT2D eigenvalue weighted by Crippen LogP contribution is 2.35. The van der Waals surface area contributed by atoms with Gasteiger partial charge in [-0.25, -0.2) is 0 Å². The van der Waals surface area contributed by atoms with Crippen molar-refractivity contribution in [1.29, 1.82) is 0 Å². The Balaban J connectivity index is 1.42. The Hall–Kier alpha value is -3.40. The molecule has 5 rings (SSSR count). The lowest BCUT2D eigenvalue weighted by atomic mass is 9.91. The topological polar surface area (TPSA) is 86.6 Å². The molecule has 0 aliphatic carbocycles. The summed E-state index contributed by atoms with van der Waals surface area (Å²) in [6, 6.07) is 39.1. The molecule has 0 bridgehead atoms. The Morgan fingerprint density at radius 2 is 0.952 bits per heavy atom. The first-order valence-corrected chi connectivity index (χ1v) is 14.2. The Kier molecular flexibility index (Phi) is 10.9. The van der Waals surface area contributed by atoms with Crippen LogP contribution in [-0.2, 0) is 50.1 Å². The molecule has 1 aliphatic rings. The average Bonchev–Trinajstić information content (AvgIpc) is 3.05. The zero-order valence-corrected chi connectivity index (χ0v) is 23.5. The van der Waals surface area contributed by atoms with Crippen LogP contribution in [0.4, 0.5) is 0 Å². The summed E-state index contributed by atoms with van der Waals surface area (Å²) in [5.41, 5.74) is 3.85. The van der Waals surface area contributed by atoms with Crippen molar-refractivity contribution in [2.75, 3.05) is 13.2 Å². The lowest BCUT2D eigenvalue weighted by molar-refractivity contribution is -0.377. The summed E-state index contributed by atoms with van der Waals surface area (Å²) in [6.07, 6.45) is -3.30. The van der Waals surface area contributed by atoms with E-state index in [4.69, 9.17) is 23.7 Å². The van der Waals surface area contributed by atoms with Crippen LogP contribution in [0.15, 0.2) is 121 Å². The van der Waals surface area contributed by atoms with Crippen molar-refractivity contribution in [2.24, 2.45) is 0 Å². The van der Waals surface area contributed by atoms with E-state index in [-0.39, 0.29) is 26.4 Å². The fourth-order valence-corrected chi connectivity index (χ4v) is 5.06. The minimum Gasteiger partial charge on any atom is -0.391 e. The lowest BCUT2D eigenvalue weighted by Crippen LogP contribution is -2.68. The summed E-state index contributed by atoms with van der Waals surface area (Å²) in [6.45, 7) is 0.487. The second-order valence-corrected chi connectivity index (χ2v) is 10.4. The van der Waals surface area contributed by atoms with E-state index in [0.29, 0.717) is 6.61 Å². The molecule has 7 heteroatoms. The quantitative estimate of drug-likeness (QED) is 0.220. The van der Waals surface area contributed by atoms with E-state index in [0.717, 1.165) is 22.3 Å². The standard InChI is InChI=1S/C35H38O7/c36-26-35(37)34(41-24-30-19-11-4-12-20-30)33(40-23-29-17-9-3-10-18-29)32(39-22-28-15-7-2-8-16-28)31(42-35)25-38-21-27-13-5-1-6-14-27/h1-20,31-34,36-37H,21-26H2/t31-,32-,33+,34-,35-/m1/s1. The largest absolute Gasteiger partial charge is 0.391 e. The van der Waals surface area contributed by atoms with Gasteiger partial charge in [0.15, 0.2) is 0 Å². The van der Waals surface area contributed by atoms with E-state index in [1.54, 1.807) is 0 Å². The van der Waals surface area contributed by atoms with E-state index in [2.05, 4.69) is 0 Å². The van der Waals surface area contributed by atoms with Crippen LogP contribution in [0.25, 0.3) is 0 Å². The molecule has 0 unspecified atom stereocenters. The first-order valence-electron chi connectivity index (χ1n) is 14.2. The molecule has 7 nitrogen and oxygen atoms in total. The summed E-state index contributed by atoms with van der Waals surface area (Å²) in [7, 11) is 0. The maximum atomic E-state index is 11.7. The number of hydrogen-bond donors (Lipinski definition) is 2. The molecule has 1 aliphatic heterocycles. The van der Waals surface area contributed by atoms with Crippen molar-refractivity contribution in [3.05, 3.63) is 144 Å². The van der Waals surface area contributed by atoms with Crippen LogP contribution in [0.3, 0.4) is 0 Å². The maximum absolute atomic E-state index is 11.7. The Morgan fingerprint density at radius 3 is 1.40 bits per heavy atom. The van der Waals surface area contributed by atoms with Crippen molar-refractivity contribution >= 4 is 0 Å². The molecule has 0 saturated carbocycles. The van der Waals surface area contributed by atoms with E-state index in [1.165, 1.54) is 0 Å². The first-order chi connectivity index (χ1) is 20.6. The molecule has 220 valence electrons. The predicted molar refractivity (Wildman–Crippen MR) is 158 cm³/mol. The van der Waals surface area contributed by atoms with Gasteiger partial charge in [-0.05, 0) is 22.3 Å². The van der Waals surface area contributed by atoms with Crippen LogP contribution in [0, 0.1) is 0 Å². The van der Waals surface area contributed by atoms with Gasteiger partial charge in [-0.2, -0.15) is 0 Å². The number of aliphatic hydroxyl groups excluding tert-OH is 1. The first kappa shape index (κ1) is 30.1. The molecular formula is C35H38O7. The van der Waals surface area contributed by atoms with Gasteiger partial charge < -0.3 is 33.9 Å². The van der Waals surface area contributed by atoms with E-state index in [9.17, 15) is 10.2 Å². The van der Waals surface area contributed by atoms with Gasteiger partial charge in [0.2, 0.25) is 5.79 Å². The smallest absolute Gasteiger partial charge is 0.219 e. The van der Waals surface area contributed by atoms with Gasteiger partial charge in [0, 0.05) is 0 Å². The fraction of sp³-hybridized carbons (Fsp3) is 0.314. The third kappa shape index (κ3) is 8.12. The van der Waals surface area contributed by atoms with Crippen molar-refractivity contribution < 1.29 is 33.9 Å². The second kappa shape index (κ2) is 15.2. The van der Waals surface area contributed by atoms with Crippen molar-refractivity contribution in [3.63, 3.8) is 0 Å². The van der Waals surface area contributed by atoms with Gasteiger partial charge in [0.1, 0.15) is 24.4 Å². The molecule has 42 heavy (non-hydrogen) atoms. The van der Waals surface area contributed by atoms with E-state index >= 15 is 0 Å². The molecule has 1 saturated heterocycles. The molecule has 5 atom stereocenters. The molecule has 0 amide bonds. The minimum absolute atomic E-state index is 0.104. The second-order valence-electron chi connectivity index (χ2n) is 10.4. The van der Waals surface area contributed by atoms with Gasteiger partial charge in [-0.15, -0.1) is 0 Å².